The zero-order chi connectivity index (χ0) is 14.2. The fraction of sp³-hybridized carbons (Fsp3) is 0.176. The average Bonchev–Trinajstić information content (AvgIpc) is 3.25. The van der Waals surface area contributed by atoms with E-state index in [-0.39, 0.29) is 0 Å². The van der Waals surface area contributed by atoms with Crippen molar-refractivity contribution in [3.05, 3.63) is 66.1 Å². The summed E-state index contributed by atoms with van der Waals surface area (Å²) in [5, 5.41) is 3.95. The van der Waals surface area contributed by atoms with Crippen molar-refractivity contribution in [2.75, 3.05) is 5.73 Å². The molecule has 0 spiro atoms. The maximum Gasteiger partial charge on any atom is 0.176 e. The van der Waals surface area contributed by atoms with Crippen molar-refractivity contribution in [2.24, 2.45) is 0 Å². The molecular weight excluding hydrogens is 262 g/mol. The molecule has 0 saturated heterocycles. The molecule has 21 heavy (non-hydrogen) atoms. The lowest BCUT2D eigenvalue weighted by Gasteiger charge is -2.02. The Morgan fingerprint density at radius 3 is 2.57 bits per heavy atom. The molecule has 2 unspecified atom stereocenters. The van der Waals surface area contributed by atoms with Crippen LogP contribution in [0.3, 0.4) is 0 Å². The van der Waals surface area contributed by atoms with Crippen molar-refractivity contribution in [2.45, 2.75) is 18.3 Å². The highest BCUT2D eigenvalue weighted by Gasteiger charge is 2.44. The second-order valence-electron chi connectivity index (χ2n) is 5.38. The topological polar surface area (TPSA) is 64.9 Å². The predicted octanol–water partition coefficient (Wildman–Crippen LogP) is 3.59. The van der Waals surface area contributed by atoms with E-state index in [1.54, 1.807) is 6.20 Å². The fourth-order valence-electron chi connectivity index (χ4n) is 2.89. The average molecular weight is 277 g/mol. The third-order valence-corrected chi connectivity index (χ3v) is 4.02. The third kappa shape index (κ3) is 2.09. The van der Waals surface area contributed by atoms with E-state index in [2.05, 4.69) is 34.4 Å². The van der Waals surface area contributed by atoms with E-state index < -0.39 is 0 Å². The Morgan fingerprint density at radius 2 is 1.81 bits per heavy atom. The number of hydrogen-bond acceptors (Lipinski definition) is 4. The van der Waals surface area contributed by atoms with Gasteiger partial charge in [-0.1, -0.05) is 41.6 Å². The van der Waals surface area contributed by atoms with Crippen molar-refractivity contribution >= 4 is 5.82 Å². The minimum absolute atomic E-state index is 0.342. The highest BCUT2D eigenvalue weighted by atomic mass is 16.5. The Morgan fingerprint density at radius 1 is 1.00 bits per heavy atom. The van der Waals surface area contributed by atoms with Crippen LogP contribution < -0.4 is 5.73 Å². The Bertz CT molecular complexity index is 752. The largest absolute Gasteiger partial charge is 0.380 e. The van der Waals surface area contributed by atoms with E-state index in [0.29, 0.717) is 17.7 Å². The van der Waals surface area contributed by atoms with Crippen LogP contribution in [0.15, 0.2) is 59.3 Å². The first-order valence-corrected chi connectivity index (χ1v) is 7.06. The Kier molecular flexibility index (Phi) is 2.74. The molecule has 1 fully saturated rings. The van der Waals surface area contributed by atoms with Crippen LogP contribution >= 0.6 is 0 Å². The summed E-state index contributed by atoms with van der Waals surface area (Å²) in [4.78, 5) is 4.37. The summed E-state index contributed by atoms with van der Waals surface area (Å²) in [6.45, 7) is 0. The van der Waals surface area contributed by atoms with Gasteiger partial charge in [-0.15, -0.1) is 0 Å². The smallest absolute Gasteiger partial charge is 0.176 e. The first kappa shape index (κ1) is 12.1. The first-order valence-electron chi connectivity index (χ1n) is 7.06. The van der Waals surface area contributed by atoms with Crippen LogP contribution in [0.4, 0.5) is 5.82 Å². The van der Waals surface area contributed by atoms with Crippen molar-refractivity contribution in [1.82, 2.24) is 10.1 Å². The maximum absolute atomic E-state index is 5.98. The van der Waals surface area contributed by atoms with Crippen molar-refractivity contribution in [3.8, 4) is 11.3 Å². The van der Waals surface area contributed by atoms with Crippen molar-refractivity contribution in [3.63, 3.8) is 0 Å². The number of nitrogens with zero attached hydrogens (tertiary/aromatic N) is 2. The predicted molar refractivity (Wildman–Crippen MR) is 80.7 cm³/mol. The number of hydrogen-bond donors (Lipinski definition) is 1. The Balaban J connectivity index is 1.69. The van der Waals surface area contributed by atoms with Crippen LogP contribution in [0.5, 0.6) is 0 Å². The maximum atomic E-state index is 5.98. The minimum Gasteiger partial charge on any atom is -0.380 e. The van der Waals surface area contributed by atoms with Crippen LogP contribution in [0.25, 0.3) is 11.3 Å². The second-order valence-corrected chi connectivity index (χ2v) is 5.38. The van der Waals surface area contributed by atoms with Crippen LogP contribution in [0, 0.1) is 0 Å². The molecule has 1 saturated carbocycles. The van der Waals surface area contributed by atoms with Gasteiger partial charge >= 0.3 is 0 Å². The molecule has 2 heterocycles. The van der Waals surface area contributed by atoms with Gasteiger partial charge in [0, 0.05) is 12.1 Å². The van der Waals surface area contributed by atoms with Gasteiger partial charge in [-0.2, -0.15) is 0 Å². The third-order valence-electron chi connectivity index (χ3n) is 4.02. The number of pyridine rings is 1. The molecule has 0 bridgehead atoms. The molecule has 1 aliphatic carbocycles. The van der Waals surface area contributed by atoms with Gasteiger partial charge in [0.1, 0.15) is 0 Å². The molecule has 0 aliphatic heterocycles. The van der Waals surface area contributed by atoms with Gasteiger partial charge in [0.15, 0.2) is 11.6 Å². The molecule has 2 N–H and O–H groups in total. The molecule has 104 valence electrons. The highest BCUT2D eigenvalue weighted by molar-refractivity contribution is 5.73. The summed E-state index contributed by atoms with van der Waals surface area (Å²) < 4.78 is 5.51. The summed E-state index contributed by atoms with van der Waals surface area (Å²) in [7, 11) is 0. The molecule has 4 nitrogen and oxygen atoms in total. The summed E-state index contributed by atoms with van der Waals surface area (Å²) in [5.74, 6) is 2.11. The molecular formula is C17H15N3O. The molecule has 2 aromatic heterocycles. The van der Waals surface area contributed by atoms with E-state index in [4.69, 9.17) is 10.3 Å². The van der Waals surface area contributed by atoms with Crippen molar-refractivity contribution in [1.29, 1.82) is 0 Å². The summed E-state index contributed by atoms with van der Waals surface area (Å²) in [6.07, 6.45) is 2.83. The zero-order valence-corrected chi connectivity index (χ0v) is 11.4. The Hall–Kier alpha value is -2.62. The fourth-order valence-corrected chi connectivity index (χ4v) is 2.89. The van der Waals surface area contributed by atoms with E-state index in [0.717, 1.165) is 23.4 Å². The zero-order valence-electron chi connectivity index (χ0n) is 11.4. The number of aromatic nitrogens is 2. The SMILES string of the molecule is Nc1noc(C2CC2c2ccccc2)c1-c1ccccn1. The summed E-state index contributed by atoms with van der Waals surface area (Å²) in [6, 6.07) is 16.3. The number of rotatable bonds is 3. The van der Waals surface area contributed by atoms with E-state index in [1.807, 2.05) is 24.3 Å². The van der Waals surface area contributed by atoms with Gasteiger partial charge < -0.3 is 10.3 Å². The monoisotopic (exact) mass is 277 g/mol. The number of nitrogen functional groups attached to an aromatic ring is 1. The van der Waals surface area contributed by atoms with Crippen molar-refractivity contribution < 1.29 is 4.52 Å². The number of nitrogens with two attached hydrogens (primary N) is 1. The minimum atomic E-state index is 0.342. The van der Waals surface area contributed by atoms with Crippen LogP contribution in [0.1, 0.15) is 29.6 Å². The molecule has 1 aliphatic rings. The van der Waals surface area contributed by atoms with Gasteiger partial charge in [-0.3, -0.25) is 4.98 Å². The van der Waals surface area contributed by atoms with Crippen LogP contribution in [-0.2, 0) is 0 Å². The van der Waals surface area contributed by atoms with E-state index in [9.17, 15) is 0 Å². The number of benzene rings is 1. The quantitative estimate of drug-likeness (QED) is 0.794. The van der Waals surface area contributed by atoms with Crippen LogP contribution in [0.2, 0.25) is 0 Å². The van der Waals surface area contributed by atoms with E-state index >= 15 is 0 Å². The van der Waals surface area contributed by atoms with Crippen LogP contribution in [-0.4, -0.2) is 10.1 Å². The van der Waals surface area contributed by atoms with E-state index in [1.165, 1.54) is 5.56 Å². The lowest BCUT2D eigenvalue weighted by molar-refractivity contribution is 0.386. The van der Waals surface area contributed by atoms with Gasteiger partial charge in [-0.05, 0) is 30.0 Å². The van der Waals surface area contributed by atoms with Gasteiger partial charge in [0.25, 0.3) is 0 Å². The second kappa shape index (κ2) is 4.74. The summed E-state index contributed by atoms with van der Waals surface area (Å²) >= 11 is 0. The first-order chi connectivity index (χ1) is 10.3. The van der Waals surface area contributed by atoms with Gasteiger partial charge in [0.2, 0.25) is 0 Å². The van der Waals surface area contributed by atoms with Gasteiger partial charge in [0.05, 0.1) is 11.3 Å². The molecule has 4 rings (SSSR count). The van der Waals surface area contributed by atoms with Gasteiger partial charge in [-0.25, -0.2) is 0 Å². The molecule has 0 radical (unpaired) electrons. The normalized spacial score (nSPS) is 20.4. The lowest BCUT2D eigenvalue weighted by atomic mass is 10.0. The molecule has 0 amide bonds. The number of anilines is 1. The molecule has 3 aromatic rings. The standard InChI is InChI=1S/C17H15N3O/c18-17-15(14-8-4-5-9-19-14)16(21-20-17)13-10-12(13)11-6-2-1-3-7-11/h1-9,12-13H,10H2,(H2,18,20). The molecule has 1 aromatic carbocycles. The highest BCUT2D eigenvalue weighted by Crippen LogP contribution is 2.57. The lowest BCUT2D eigenvalue weighted by Crippen LogP contribution is -1.92. The summed E-state index contributed by atoms with van der Waals surface area (Å²) in [5.41, 5.74) is 8.99. The molecule has 2 atom stereocenters. The Labute approximate surface area is 122 Å². The molecule has 4 heteroatoms.